The van der Waals surface area contributed by atoms with Gasteiger partial charge in [-0.2, -0.15) is 0 Å². The summed E-state index contributed by atoms with van der Waals surface area (Å²) in [5.74, 6) is 0.510. The summed E-state index contributed by atoms with van der Waals surface area (Å²) in [7, 11) is 0. The standard InChI is InChI=1S/C7H15N3/c1-2-3-6-10-7(9)4-5-8/h4-5H,2-3,6,8H2,1H3,(H2,9,10)/b5-4-. The maximum atomic E-state index is 5.41. The topological polar surface area (TPSA) is 64.4 Å². The summed E-state index contributed by atoms with van der Waals surface area (Å²) in [6, 6.07) is 0. The van der Waals surface area contributed by atoms with E-state index >= 15 is 0 Å². The average Bonchev–Trinajstić information content (AvgIpc) is 1.89. The fourth-order valence-electron chi connectivity index (χ4n) is 0.518. The van der Waals surface area contributed by atoms with Gasteiger partial charge < -0.3 is 11.5 Å². The van der Waals surface area contributed by atoms with Crippen molar-refractivity contribution in [1.29, 1.82) is 0 Å². The smallest absolute Gasteiger partial charge is 0.119 e. The zero-order valence-corrected chi connectivity index (χ0v) is 6.38. The monoisotopic (exact) mass is 141 g/mol. The van der Waals surface area contributed by atoms with Crippen molar-refractivity contribution in [2.45, 2.75) is 19.8 Å². The second-order valence-corrected chi connectivity index (χ2v) is 2.02. The van der Waals surface area contributed by atoms with E-state index in [1.807, 2.05) is 0 Å². The van der Waals surface area contributed by atoms with Crippen LogP contribution < -0.4 is 11.5 Å². The van der Waals surface area contributed by atoms with Gasteiger partial charge in [0.05, 0.1) is 0 Å². The fraction of sp³-hybridized carbons (Fsp3) is 0.571. The molecule has 4 N–H and O–H groups in total. The highest BCUT2D eigenvalue weighted by Crippen LogP contribution is 1.86. The van der Waals surface area contributed by atoms with Crippen LogP contribution in [0.1, 0.15) is 19.8 Å². The molecule has 0 rings (SSSR count). The highest BCUT2D eigenvalue weighted by atomic mass is 14.8. The molecule has 0 fully saturated rings. The summed E-state index contributed by atoms with van der Waals surface area (Å²) >= 11 is 0. The lowest BCUT2D eigenvalue weighted by Crippen LogP contribution is -2.09. The number of hydrogen-bond acceptors (Lipinski definition) is 2. The van der Waals surface area contributed by atoms with Gasteiger partial charge in [-0.15, -0.1) is 0 Å². The van der Waals surface area contributed by atoms with Crippen LogP contribution in [0.5, 0.6) is 0 Å². The van der Waals surface area contributed by atoms with Gasteiger partial charge in [0.2, 0.25) is 0 Å². The quantitative estimate of drug-likeness (QED) is 0.342. The SMILES string of the molecule is CCCCN=C(N)/C=C\N. The molecule has 0 bridgehead atoms. The van der Waals surface area contributed by atoms with Crippen molar-refractivity contribution in [2.75, 3.05) is 6.54 Å². The highest BCUT2D eigenvalue weighted by Gasteiger charge is 1.82. The van der Waals surface area contributed by atoms with Gasteiger partial charge in [0.15, 0.2) is 0 Å². The van der Waals surface area contributed by atoms with Gasteiger partial charge in [-0.05, 0) is 18.7 Å². The van der Waals surface area contributed by atoms with Gasteiger partial charge in [0, 0.05) is 6.54 Å². The number of nitrogens with zero attached hydrogens (tertiary/aromatic N) is 1. The summed E-state index contributed by atoms with van der Waals surface area (Å²) in [4.78, 5) is 4.03. The van der Waals surface area contributed by atoms with Crippen LogP contribution in [-0.4, -0.2) is 12.4 Å². The van der Waals surface area contributed by atoms with E-state index in [1.165, 1.54) is 6.20 Å². The Hall–Kier alpha value is -0.990. The Morgan fingerprint density at radius 3 is 2.80 bits per heavy atom. The number of hydrogen-bond donors (Lipinski definition) is 2. The van der Waals surface area contributed by atoms with Crippen molar-refractivity contribution >= 4 is 5.84 Å². The first kappa shape index (κ1) is 9.01. The van der Waals surface area contributed by atoms with E-state index in [-0.39, 0.29) is 0 Å². The first-order chi connectivity index (χ1) is 4.81. The summed E-state index contributed by atoms with van der Waals surface area (Å²) in [5.41, 5.74) is 10.5. The predicted molar refractivity (Wildman–Crippen MR) is 44.7 cm³/mol. The van der Waals surface area contributed by atoms with E-state index in [1.54, 1.807) is 6.08 Å². The van der Waals surface area contributed by atoms with E-state index in [0.717, 1.165) is 19.4 Å². The molecule has 58 valence electrons. The zero-order chi connectivity index (χ0) is 7.82. The second kappa shape index (κ2) is 6.13. The van der Waals surface area contributed by atoms with Crippen LogP contribution in [0.4, 0.5) is 0 Å². The van der Waals surface area contributed by atoms with Gasteiger partial charge in [-0.25, -0.2) is 0 Å². The molecule has 0 radical (unpaired) electrons. The van der Waals surface area contributed by atoms with Crippen LogP contribution in [0.2, 0.25) is 0 Å². The Morgan fingerprint density at radius 2 is 2.30 bits per heavy atom. The molecule has 0 heterocycles. The third-order valence-electron chi connectivity index (χ3n) is 1.07. The molecule has 0 aliphatic heterocycles. The van der Waals surface area contributed by atoms with E-state index < -0.39 is 0 Å². The van der Waals surface area contributed by atoms with Crippen LogP contribution in [-0.2, 0) is 0 Å². The number of amidine groups is 1. The summed E-state index contributed by atoms with van der Waals surface area (Å²) in [5, 5.41) is 0. The Labute approximate surface area is 61.8 Å². The number of aliphatic imine (C=N–C) groups is 1. The molecular formula is C7H15N3. The molecule has 0 unspecified atom stereocenters. The molecule has 0 spiro atoms. The Kier molecular flexibility index (Phi) is 5.53. The highest BCUT2D eigenvalue weighted by molar-refractivity contribution is 5.91. The van der Waals surface area contributed by atoms with Crippen molar-refractivity contribution in [3.63, 3.8) is 0 Å². The maximum Gasteiger partial charge on any atom is 0.119 e. The maximum absolute atomic E-state index is 5.41. The molecule has 0 amide bonds. The Bertz CT molecular complexity index is 127. The van der Waals surface area contributed by atoms with Gasteiger partial charge in [0.1, 0.15) is 5.84 Å². The van der Waals surface area contributed by atoms with Crippen molar-refractivity contribution in [1.82, 2.24) is 0 Å². The number of rotatable bonds is 4. The Balaban J connectivity index is 3.47. The lowest BCUT2D eigenvalue weighted by molar-refractivity contribution is 0.808. The molecule has 0 aromatic heterocycles. The minimum Gasteiger partial charge on any atom is -0.404 e. The summed E-state index contributed by atoms with van der Waals surface area (Å²) < 4.78 is 0. The molecule has 10 heavy (non-hydrogen) atoms. The van der Waals surface area contributed by atoms with Crippen LogP contribution >= 0.6 is 0 Å². The van der Waals surface area contributed by atoms with E-state index in [0.29, 0.717) is 5.84 Å². The second-order valence-electron chi connectivity index (χ2n) is 2.02. The van der Waals surface area contributed by atoms with Crippen molar-refractivity contribution in [2.24, 2.45) is 16.5 Å². The Morgan fingerprint density at radius 1 is 1.60 bits per heavy atom. The van der Waals surface area contributed by atoms with E-state index in [4.69, 9.17) is 11.5 Å². The first-order valence-corrected chi connectivity index (χ1v) is 3.49. The molecule has 0 aliphatic rings. The molecule has 0 aromatic carbocycles. The summed E-state index contributed by atoms with van der Waals surface area (Å²) in [6.07, 6.45) is 5.21. The lowest BCUT2D eigenvalue weighted by Gasteiger charge is -1.91. The molecule has 0 aliphatic carbocycles. The van der Waals surface area contributed by atoms with Gasteiger partial charge in [-0.1, -0.05) is 13.3 Å². The van der Waals surface area contributed by atoms with Crippen molar-refractivity contribution in [3.05, 3.63) is 12.3 Å². The fourth-order valence-corrected chi connectivity index (χ4v) is 0.518. The van der Waals surface area contributed by atoms with Crippen LogP contribution in [0.3, 0.4) is 0 Å². The van der Waals surface area contributed by atoms with Gasteiger partial charge in [0.25, 0.3) is 0 Å². The third kappa shape index (κ3) is 5.15. The predicted octanol–water partition coefficient (Wildman–Crippen LogP) is 0.616. The summed E-state index contributed by atoms with van der Waals surface area (Å²) in [6.45, 7) is 2.91. The van der Waals surface area contributed by atoms with Gasteiger partial charge in [-0.3, -0.25) is 4.99 Å². The van der Waals surface area contributed by atoms with Crippen LogP contribution in [0.25, 0.3) is 0 Å². The lowest BCUT2D eigenvalue weighted by atomic mass is 10.3. The number of unbranched alkanes of at least 4 members (excludes halogenated alkanes) is 1. The normalized spacial score (nSPS) is 12.7. The minimum atomic E-state index is 0.510. The van der Waals surface area contributed by atoms with Crippen LogP contribution in [0.15, 0.2) is 17.3 Å². The molecule has 3 nitrogen and oxygen atoms in total. The van der Waals surface area contributed by atoms with Crippen molar-refractivity contribution in [3.8, 4) is 0 Å². The molecule has 0 saturated heterocycles. The molecule has 0 aromatic rings. The largest absolute Gasteiger partial charge is 0.404 e. The molecule has 0 atom stereocenters. The molecule has 0 saturated carbocycles. The number of nitrogens with two attached hydrogens (primary N) is 2. The van der Waals surface area contributed by atoms with Gasteiger partial charge >= 0.3 is 0 Å². The first-order valence-electron chi connectivity index (χ1n) is 3.49. The van der Waals surface area contributed by atoms with E-state index in [9.17, 15) is 0 Å². The minimum absolute atomic E-state index is 0.510. The molecule has 3 heteroatoms. The molecular weight excluding hydrogens is 126 g/mol. The van der Waals surface area contributed by atoms with E-state index in [2.05, 4.69) is 11.9 Å². The zero-order valence-electron chi connectivity index (χ0n) is 6.38. The van der Waals surface area contributed by atoms with Crippen molar-refractivity contribution < 1.29 is 0 Å². The third-order valence-corrected chi connectivity index (χ3v) is 1.07. The van der Waals surface area contributed by atoms with Crippen LogP contribution in [0, 0.1) is 0 Å². The average molecular weight is 141 g/mol.